The van der Waals surface area contributed by atoms with Crippen molar-refractivity contribution in [1.29, 1.82) is 0 Å². The van der Waals surface area contributed by atoms with E-state index in [1.807, 2.05) is 17.4 Å². The third-order valence-corrected chi connectivity index (χ3v) is 12.6. The fraction of sp³-hybridized carbons (Fsp3) is 0.0392. The first kappa shape index (κ1) is 31.4. The Hall–Kier alpha value is -6.95. The van der Waals surface area contributed by atoms with Crippen LogP contribution in [-0.2, 0) is 0 Å². The van der Waals surface area contributed by atoms with Crippen LogP contribution in [-0.4, -0.2) is 15.0 Å². The second kappa shape index (κ2) is 12.3. The molecule has 4 nitrogen and oxygen atoms in total. The summed E-state index contributed by atoms with van der Waals surface area (Å²) < 4.78 is 8.82. The average molecular weight is 734 g/mol. The molecule has 12 rings (SSSR count). The van der Waals surface area contributed by atoms with Crippen LogP contribution in [0.5, 0.6) is 0 Å². The molecule has 1 aliphatic carbocycles. The second-order valence-corrected chi connectivity index (χ2v) is 15.7. The highest BCUT2D eigenvalue weighted by Crippen LogP contribution is 2.39. The van der Waals surface area contributed by atoms with Gasteiger partial charge in [-0.05, 0) is 86.3 Å². The number of hydrogen-bond donors (Lipinski definition) is 0. The zero-order valence-electron chi connectivity index (χ0n) is 30.2. The first-order chi connectivity index (χ1) is 27.7. The van der Waals surface area contributed by atoms with Crippen molar-refractivity contribution in [1.82, 2.24) is 15.0 Å². The van der Waals surface area contributed by atoms with Crippen LogP contribution in [0.15, 0.2) is 162 Å². The predicted molar refractivity (Wildman–Crippen MR) is 233 cm³/mol. The number of rotatable bonds is 4. The van der Waals surface area contributed by atoms with E-state index in [2.05, 4.69) is 158 Å². The Bertz CT molecular complexity index is 3560. The van der Waals surface area contributed by atoms with Crippen LogP contribution in [0.25, 0.3) is 109 Å². The Morgan fingerprint density at radius 3 is 2.05 bits per heavy atom. The van der Waals surface area contributed by atoms with Crippen LogP contribution in [0.3, 0.4) is 0 Å². The molecule has 11 aromatic rings. The van der Waals surface area contributed by atoms with E-state index in [0.717, 1.165) is 62.1 Å². The molecule has 262 valence electrons. The normalized spacial score (nSPS) is 13.0. The van der Waals surface area contributed by atoms with Crippen LogP contribution in [0, 0.1) is 0 Å². The van der Waals surface area contributed by atoms with E-state index < -0.39 is 0 Å². The van der Waals surface area contributed by atoms with Gasteiger partial charge in [-0.25, -0.2) is 15.0 Å². The average Bonchev–Trinajstić information content (AvgIpc) is 3.84. The standard InChI is InChI=1S/C51H31N3OS/c1-2-13-32-30(12-1)28-43(37-15-4-3-14-33(32)37)51-53-49(31-26-27-39-38-16-6-8-25-46(38)56-47(39)29-31)52-50(54-51)41-22-10-18-34-35(19-9-20-36(34)41)40-21-11-24-45-48(40)42-17-5-7-23-44(42)55-45/h1-8,10-18,20-29H,9,19H2. The number of furan rings is 1. The third-order valence-electron chi connectivity index (χ3n) is 11.4. The summed E-state index contributed by atoms with van der Waals surface area (Å²) in [6, 6.07) is 56.0. The number of hydrogen-bond acceptors (Lipinski definition) is 5. The summed E-state index contributed by atoms with van der Waals surface area (Å²) in [7, 11) is 0. The smallest absolute Gasteiger partial charge is 0.164 e. The van der Waals surface area contributed by atoms with Crippen LogP contribution < -0.4 is 10.4 Å². The zero-order valence-corrected chi connectivity index (χ0v) is 31.0. The van der Waals surface area contributed by atoms with E-state index in [0.29, 0.717) is 17.5 Å². The topological polar surface area (TPSA) is 51.8 Å². The van der Waals surface area contributed by atoms with E-state index in [4.69, 9.17) is 19.4 Å². The van der Waals surface area contributed by atoms with Crippen molar-refractivity contribution in [2.45, 2.75) is 12.8 Å². The lowest BCUT2D eigenvalue weighted by molar-refractivity contribution is 0.669. The summed E-state index contributed by atoms with van der Waals surface area (Å²) in [5, 5.41) is 11.9. The molecule has 0 N–H and O–H groups in total. The Kier molecular flexibility index (Phi) is 6.89. The van der Waals surface area contributed by atoms with Crippen molar-refractivity contribution in [3.05, 3.63) is 174 Å². The van der Waals surface area contributed by atoms with Gasteiger partial charge in [-0.1, -0.05) is 133 Å². The minimum absolute atomic E-state index is 0.661. The van der Waals surface area contributed by atoms with Gasteiger partial charge in [-0.15, -0.1) is 11.3 Å². The van der Waals surface area contributed by atoms with Crippen molar-refractivity contribution in [3.63, 3.8) is 0 Å². The number of aromatic nitrogens is 3. The van der Waals surface area contributed by atoms with Crippen LogP contribution in [0.4, 0.5) is 0 Å². The highest BCUT2D eigenvalue weighted by Gasteiger charge is 2.20. The Balaban J connectivity index is 1.13. The van der Waals surface area contributed by atoms with Crippen LogP contribution in [0.1, 0.15) is 18.4 Å². The molecular weight excluding hydrogens is 703 g/mol. The molecule has 0 saturated heterocycles. The molecule has 0 radical (unpaired) electrons. The first-order valence-corrected chi connectivity index (χ1v) is 19.9. The lowest BCUT2D eigenvalue weighted by Gasteiger charge is -2.16. The summed E-state index contributed by atoms with van der Waals surface area (Å²) in [5.41, 5.74) is 7.31. The number of benzene rings is 8. The number of thiophene rings is 1. The molecule has 1 aliphatic rings. The third kappa shape index (κ3) is 4.81. The minimum atomic E-state index is 0.661. The SMILES string of the molecule is C1=c2c(-c3nc(-c4ccc5c(c4)sc4ccccc45)nc(-c4cc5ccccc5c5ccccc45)n3)cccc2=C(c2cccc3oc4ccccc4c23)CC1. The maximum atomic E-state index is 6.33. The summed E-state index contributed by atoms with van der Waals surface area (Å²) >= 11 is 1.81. The fourth-order valence-corrected chi connectivity index (χ4v) is 10.0. The molecule has 8 aromatic carbocycles. The van der Waals surface area contributed by atoms with Gasteiger partial charge >= 0.3 is 0 Å². The van der Waals surface area contributed by atoms with Gasteiger partial charge in [-0.2, -0.15) is 0 Å². The largest absolute Gasteiger partial charge is 0.456 e. The van der Waals surface area contributed by atoms with Crippen molar-refractivity contribution in [2.24, 2.45) is 0 Å². The van der Waals surface area contributed by atoms with Crippen molar-refractivity contribution in [3.8, 4) is 34.2 Å². The van der Waals surface area contributed by atoms with Gasteiger partial charge in [0.25, 0.3) is 0 Å². The molecule has 0 bridgehead atoms. The number of para-hydroxylation sites is 1. The molecule has 3 aromatic heterocycles. The minimum Gasteiger partial charge on any atom is -0.456 e. The molecular formula is C51H31N3OS. The van der Waals surface area contributed by atoms with Crippen molar-refractivity contribution < 1.29 is 4.42 Å². The first-order valence-electron chi connectivity index (χ1n) is 19.1. The van der Waals surface area contributed by atoms with E-state index in [-0.39, 0.29) is 0 Å². The molecule has 0 aliphatic heterocycles. The predicted octanol–water partition coefficient (Wildman–Crippen LogP) is 12.2. The van der Waals surface area contributed by atoms with Gasteiger partial charge in [0, 0.05) is 47.6 Å². The lowest BCUT2D eigenvalue weighted by Crippen LogP contribution is -2.32. The summed E-state index contributed by atoms with van der Waals surface area (Å²) in [6.07, 6.45) is 4.20. The van der Waals surface area contributed by atoms with Gasteiger partial charge in [0.1, 0.15) is 11.2 Å². The van der Waals surface area contributed by atoms with Crippen molar-refractivity contribution in [2.75, 3.05) is 0 Å². The summed E-state index contributed by atoms with van der Waals surface area (Å²) in [4.78, 5) is 16.0. The van der Waals surface area contributed by atoms with E-state index >= 15 is 0 Å². The van der Waals surface area contributed by atoms with Gasteiger partial charge in [0.05, 0.1) is 0 Å². The fourth-order valence-electron chi connectivity index (χ4n) is 8.89. The number of fused-ring (bicyclic) bond motifs is 10. The van der Waals surface area contributed by atoms with Crippen LogP contribution in [0.2, 0.25) is 0 Å². The molecule has 5 heteroatoms. The molecule has 3 heterocycles. The maximum absolute atomic E-state index is 6.33. The molecule has 56 heavy (non-hydrogen) atoms. The Morgan fingerprint density at radius 2 is 1.14 bits per heavy atom. The van der Waals surface area contributed by atoms with Gasteiger partial charge in [-0.3, -0.25) is 0 Å². The number of nitrogens with zero attached hydrogens (tertiary/aromatic N) is 3. The molecule has 0 fully saturated rings. The zero-order chi connectivity index (χ0) is 36.7. The molecule has 0 unspecified atom stereocenters. The highest BCUT2D eigenvalue weighted by molar-refractivity contribution is 7.25. The molecule has 0 atom stereocenters. The Morgan fingerprint density at radius 1 is 0.464 bits per heavy atom. The lowest BCUT2D eigenvalue weighted by atomic mass is 9.89. The highest BCUT2D eigenvalue weighted by atomic mass is 32.1. The Labute approximate surface area is 325 Å². The van der Waals surface area contributed by atoms with E-state index in [1.165, 1.54) is 52.7 Å². The maximum Gasteiger partial charge on any atom is 0.164 e. The summed E-state index contributed by atoms with van der Waals surface area (Å²) in [6.45, 7) is 0. The quantitative estimate of drug-likeness (QED) is 0.169. The molecule has 0 spiro atoms. The van der Waals surface area contributed by atoms with Gasteiger partial charge in [0.15, 0.2) is 17.5 Å². The van der Waals surface area contributed by atoms with Crippen molar-refractivity contribution >= 4 is 86.6 Å². The monoisotopic (exact) mass is 733 g/mol. The molecule has 0 saturated carbocycles. The van der Waals surface area contributed by atoms with Crippen LogP contribution >= 0.6 is 11.3 Å². The van der Waals surface area contributed by atoms with E-state index in [1.54, 1.807) is 0 Å². The molecule has 0 amide bonds. The summed E-state index contributed by atoms with van der Waals surface area (Å²) in [5.74, 6) is 1.99. The van der Waals surface area contributed by atoms with Gasteiger partial charge in [0.2, 0.25) is 0 Å². The van der Waals surface area contributed by atoms with Gasteiger partial charge < -0.3 is 4.42 Å². The van der Waals surface area contributed by atoms with E-state index in [9.17, 15) is 0 Å². The second-order valence-electron chi connectivity index (χ2n) is 14.6.